The molecule has 0 amide bonds. The number of rotatable bonds is 3. The normalized spacial score (nSPS) is 25.4. The van der Waals surface area contributed by atoms with Crippen LogP contribution in [0.2, 0.25) is 5.15 Å². The van der Waals surface area contributed by atoms with E-state index in [2.05, 4.69) is 5.10 Å². The van der Waals surface area contributed by atoms with E-state index in [-0.39, 0.29) is 6.23 Å². The summed E-state index contributed by atoms with van der Waals surface area (Å²) < 4.78 is 13.5. The monoisotopic (exact) mass is 284 g/mol. The molecular weight excluding hydrogens is 264 g/mol. The fourth-order valence-electron chi connectivity index (χ4n) is 2.89. The van der Waals surface area contributed by atoms with Crippen molar-refractivity contribution >= 4 is 11.6 Å². The van der Waals surface area contributed by atoms with Gasteiger partial charge in [-0.1, -0.05) is 18.0 Å². The van der Waals surface area contributed by atoms with Crippen LogP contribution in [0.25, 0.3) is 0 Å². The second-order valence-electron chi connectivity index (χ2n) is 5.44. The Hall–Kier alpha value is -0.740. The van der Waals surface area contributed by atoms with Gasteiger partial charge in [0.15, 0.2) is 17.1 Å². The number of hydrogen-bond donors (Lipinski definition) is 0. The molecule has 2 fully saturated rings. The molecule has 0 aromatic carbocycles. The highest BCUT2D eigenvalue weighted by Crippen LogP contribution is 2.33. The van der Waals surface area contributed by atoms with E-state index in [1.54, 1.807) is 10.9 Å². The molecule has 2 aliphatic rings. The van der Waals surface area contributed by atoms with Gasteiger partial charge < -0.3 is 9.47 Å². The highest BCUT2D eigenvalue weighted by molar-refractivity contribution is 6.31. The fourth-order valence-corrected chi connectivity index (χ4v) is 3.14. The SMILES string of the molecule is Clc1c(OC2CCCCC2)cnn1C1CCCCO1. The Morgan fingerprint density at radius 2 is 1.95 bits per heavy atom. The molecule has 0 bridgehead atoms. The molecule has 1 aromatic rings. The minimum Gasteiger partial charge on any atom is -0.486 e. The molecule has 1 saturated heterocycles. The number of aromatic nitrogens is 2. The van der Waals surface area contributed by atoms with Crippen LogP contribution in [0.15, 0.2) is 6.20 Å². The zero-order valence-electron chi connectivity index (χ0n) is 11.2. The summed E-state index contributed by atoms with van der Waals surface area (Å²) in [5.74, 6) is 0.711. The topological polar surface area (TPSA) is 36.3 Å². The van der Waals surface area contributed by atoms with Crippen LogP contribution in [0, 0.1) is 0 Å². The standard InChI is InChI=1S/C14H21ClN2O2/c15-14-12(19-11-6-2-1-3-7-11)10-16-17(14)13-8-4-5-9-18-13/h10-11,13H,1-9H2. The van der Waals surface area contributed by atoms with Crippen LogP contribution >= 0.6 is 11.6 Å². The molecule has 1 atom stereocenters. The second-order valence-corrected chi connectivity index (χ2v) is 5.80. The fraction of sp³-hybridized carbons (Fsp3) is 0.786. The van der Waals surface area contributed by atoms with Gasteiger partial charge >= 0.3 is 0 Å². The van der Waals surface area contributed by atoms with Crippen LogP contribution in [-0.2, 0) is 4.74 Å². The van der Waals surface area contributed by atoms with Crippen LogP contribution in [0.5, 0.6) is 5.75 Å². The van der Waals surface area contributed by atoms with E-state index in [1.165, 1.54) is 25.7 Å². The highest BCUT2D eigenvalue weighted by Gasteiger charge is 2.23. The Labute approximate surface area is 119 Å². The lowest BCUT2D eigenvalue weighted by Gasteiger charge is -2.24. The molecule has 5 heteroatoms. The zero-order chi connectivity index (χ0) is 13.1. The van der Waals surface area contributed by atoms with Crippen LogP contribution in [0.1, 0.15) is 57.6 Å². The lowest BCUT2D eigenvalue weighted by atomic mass is 9.98. The van der Waals surface area contributed by atoms with Gasteiger partial charge in [0.2, 0.25) is 0 Å². The Morgan fingerprint density at radius 3 is 2.68 bits per heavy atom. The van der Waals surface area contributed by atoms with E-state index in [0.29, 0.717) is 17.0 Å². The van der Waals surface area contributed by atoms with Gasteiger partial charge in [-0.2, -0.15) is 5.10 Å². The van der Waals surface area contributed by atoms with Gasteiger partial charge in [0.25, 0.3) is 0 Å². The average Bonchev–Trinajstić information content (AvgIpc) is 2.82. The maximum atomic E-state index is 6.37. The summed E-state index contributed by atoms with van der Waals surface area (Å²) in [5, 5.41) is 4.92. The van der Waals surface area contributed by atoms with Crippen LogP contribution in [0.4, 0.5) is 0 Å². The molecule has 1 saturated carbocycles. The first-order valence-corrected chi connectivity index (χ1v) is 7.73. The molecule has 1 unspecified atom stereocenters. The lowest BCUT2D eigenvalue weighted by molar-refractivity contribution is -0.0394. The molecule has 1 aliphatic heterocycles. The molecule has 3 rings (SSSR count). The molecule has 4 nitrogen and oxygen atoms in total. The van der Waals surface area contributed by atoms with Crippen molar-refractivity contribution in [3.63, 3.8) is 0 Å². The molecular formula is C14H21ClN2O2. The maximum Gasteiger partial charge on any atom is 0.176 e. The summed E-state index contributed by atoms with van der Waals surface area (Å²) in [6.45, 7) is 0.791. The number of hydrogen-bond acceptors (Lipinski definition) is 3. The van der Waals surface area contributed by atoms with Crippen LogP contribution < -0.4 is 4.74 Å². The predicted octanol–water partition coefficient (Wildman–Crippen LogP) is 3.95. The maximum absolute atomic E-state index is 6.37. The summed E-state index contributed by atoms with van der Waals surface area (Å²) in [6, 6.07) is 0. The van der Waals surface area contributed by atoms with Gasteiger partial charge in [-0.25, -0.2) is 4.68 Å². The van der Waals surface area contributed by atoms with Crippen molar-refractivity contribution in [1.29, 1.82) is 0 Å². The first kappa shape index (κ1) is 13.3. The summed E-state index contributed by atoms with van der Waals surface area (Å²) in [7, 11) is 0. The van der Waals surface area contributed by atoms with Gasteiger partial charge in [0.05, 0.1) is 12.3 Å². The Bertz CT molecular complexity index is 410. The molecule has 19 heavy (non-hydrogen) atoms. The van der Waals surface area contributed by atoms with E-state index < -0.39 is 0 Å². The first-order chi connectivity index (χ1) is 9.34. The number of nitrogens with zero attached hydrogens (tertiary/aromatic N) is 2. The minimum absolute atomic E-state index is 0.0232. The van der Waals surface area contributed by atoms with Gasteiger partial charge in [0, 0.05) is 6.61 Å². The van der Waals surface area contributed by atoms with Crippen molar-refractivity contribution in [2.45, 2.75) is 63.7 Å². The van der Waals surface area contributed by atoms with Crippen molar-refractivity contribution in [2.24, 2.45) is 0 Å². The molecule has 1 aliphatic carbocycles. The summed E-state index contributed by atoms with van der Waals surface area (Å²) in [6.07, 6.45) is 11.4. The van der Waals surface area contributed by atoms with Gasteiger partial charge in [-0.05, 0) is 44.9 Å². The largest absolute Gasteiger partial charge is 0.486 e. The second kappa shape index (κ2) is 6.14. The summed E-state index contributed by atoms with van der Waals surface area (Å²) >= 11 is 6.37. The average molecular weight is 285 g/mol. The molecule has 0 spiro atoms. The third-order valence-corrected chi connectivity index (χ3v) is 4.34. The van der Waals surface area contributed by atoms with Gasteiger partial charge in [-0.3, -0.25) is 0 Å². The van der Waals surface area contributed by atoms with Crippen LogP contribution in [-0.4, -0.2) is 22.5 Å². The van der Waals surface area contributed by atoms with E-state index in [9.17, 15) is 0 Å². The third kappa shape index (κ3) is 3.06. The minimum atomic E-state index is -0.0232. The van der Waals surface area contributed by atoms with Crippen molar-refractivity contribution in [2.75, 3.05) is 6.61 Å². The smallest absolute Gasteiger partial charge is 0.176 e. The summed E-state index contributed by atoms with van der Waals surface area (Å²) in [5.41, 5.74) is 0. The summed E-state index contributed by atoms with van der Waals surface area (Å²) in [4.78, 5) is 0. The van der Waals surface area contributed by atoms with E-state index in [4.69, 9.17) is 21.1 Å². The number of halogens is 1. The highest BCUT2D eigenvalue weighted by atomic mass is 35.5. The Morgan fingerprint density at radius 1 is 1.16 bits per heavy atom. The van der Waals surface area contributed by atoms with Crippen molar-refractivity contribution in [3.8, 4) is 5.75 Å². The molecule has 2 heterocycles. The Balaban J connectivity index is 1.67. The van der Waals surface area contributed by atoms with Crippen molar-refractivity contribution in [3.05, 3.63) is 11.3 Å². The van der Waals surface area contributed by atoms with Gasteiger partial charge in [0.1, 0.15) is 0 Å². The Kier molecular flexibility index (Phi) is 4.28. The zero-order valence-corrected chi connectivity index (χ0v) is 11.9. The van der Waals surface area contributed by atoms with E-state index >= 15 is 0 Å². The quantitative estimate of drug-likeness (QED) is 0.843. The first-order valence-electron chi connectivity index (χ1n) is 7.36. The van der Waals surface area contributed by atoms with Gasteiger partial charge in [-0.15, -0.1) is 0 Å². The molecule has 0 N–H and O–H groups in total. The number of ether oxygens (including phenoxy) is 2. The van der Waals surface area contributed by atoms with E-state index in [0.717, 1.165) is 32.3 Å². The predicted molar refractivity (Wildman–Crippen MR) is 73.6 cm³/mol. The molecule has 1 aromatic heterocycles. The molecule has 0 radical (unpaired) electrons. The van der Waals surface area contributed by atoms with Crippen molar-refractivity contribution in [1.82, 2.24) is 9.78 Å². The van der Waals surface area contributed by atoms with E-state index in [1.807, 2.05) is 0 Å². The lowest BCUT2D eigenvalue weighted by Crippen LogP contribution is -2.20. The van der Waals surface area contributed by atoms with Crippen LogP contribution in [0.3, 0.4) is 0 Å². The third-order valence-electron chi connectivity index (χ3n) is 3.98. The molecule has 106 valence electrons. The van der Waals surface area contributed by atoms with Crippen molar-refractivity contribution < 1.29 is 9.47 Å².